The monoisotopic (exact) mass is 834 g/mol. The number of amides is 4. The molecule has 0 radical (unpaired) electrons. The minimum atomic E-state index is -0.535. The highest BCUT2D eigenvalue weighted by molar-refractivity contribution is 5.99. The number of likely N-dealkylation sites (tertiary alicyclic amines) is 2. The second-order valence-electron chi connectivity index (χ2n) is 17.1. The average molecular weight is 835 g/mol. The molecule has 0 aromatic heterocycles. The Balaban J connectivity index is 0.858. The summed E-state index contributed by atoms with van der Waals surface area (Å²) < 4.78 is 0. The van der Waals surface area contributed by atoms with Gasteiger partial charge in [0.15, 0.2) is 0 Å². The number of piperazine rings is 2. The number of hydrogen-bond donors (Lipinski definition) is 2. The fraction of sp³-hybridized carbons (Fsp3) is 0.400. The second kappa shape index (κ2) is 19.9. The van der Waals surface area contributed by atoms with E-state index in [2.05, 4.69) is 56.2 Å². The molecule has 4 fully saturated rings. The quantitative estimate of drug-likeness (QED) is 0.217. The van der Waals surface area contributed by atoms with Crippen LogP contribution in [0.25, 0.3) is 0 Å². The van der Waals surface area contributed by atoms with Crippen molar-refractivity contribution in [3.63, 3.8) is 0 Å². The molecule has 12 nitrogen and oxygen atoms in total. The number of carbonyl (C=O) groups is 4. The number of benzene rings is 4. The van der Waals surface area contributed by atoms with Gasteiger partial charge in [-0.25, -0.2) is 0 Å². The van der Waals surface area contributed by atoms with Crippen LogP contribution in [-0.2, 0) is 19.2 Å². The normalized spacial score (nSPS) is 21.1. The van der Waals surface area contributed by atoms with Crippen molar-refractivity contribution in [3.05, 3.63) is 131 Å². The highest BCUT2D eigenvalue weighted by Gasteiger charge is 2.42. The Labute approximate surface area is 365 Å². The summed E-state index contributed by atoms with van der Waals surface area (Å²) in [5.74, 6) is 6.01. The van der Waals surface area contributed by atoms with Gasteiger partial charge in [-0.2, -0.15) is 0 Å². The van der Waals surface area contributed by atoms with Crippen LogP contribution >= 0.6 is 0 Å². The highest BCUT2D eigenvalue weighted by Crippen LogP contribution is 2.31. The maximum atomic E-state index is 14.2. The molecule has 8 rings (SSSR count). The van der Waals surface area contributed by atoms with E-state index < -0.39 is 24.2 Å². The topological polar surface area (TPSA) is 112 Å². The molecular weight excluding hydrogens is 777 g/mol. The van der Waals surface area contributed by atoms with E-state index in [1.807, 2.05) is 109 Å². The van der Waals surface area contributed by atoms with Gasteiger partial charge in [-0.15, -0.1) is 0 Å². The second-order valence-corrected chi connectivity index (χ2v) is 17.1. The predicted molar refractivity (Wildman–Crippen MR) is 242 cm³/mol. The molecule has 0 spiro atoms. The first-order valence-corrected chi connectivity index (χ1v) is 22.1. The van der Waals surface area contributed by atoms with E-state index in [0.717, 1.165) is 87.5 Å². The van der Waals surface area contributed by atoms with Gasteiger partial charge in [-0.3, -0.25) is 29.0 Å². The third kappa shape index (κ3) is 10.1. The molecule has 4 atom stereocenters. The van der Waals surface area contributed by atoms with Crippen LogP contribution in [0.5, 0.6) is 0 Å². The molecule has 4 aromatic carbocycles. The molecule has 4 amide bonds. The van der Waals surface area contributed by atoms with E-state index in [1.165, 1.54) is 0 Å². The van der Waals surface area contributed by atoms with Gasteiger partial charge < -0.3 is 30.2 Å². The number of nitrogens with one attached hydrogen (secondary N) is 2. The van der Waals surface area contributed by atoms with Gasteiger partial charge in [0.1, 0.15) is 24.2 Å². The molecule has 12 heteroatoms. The number of carbonyl (C=O) groups excluding carboxylic acids is 4. The van der Waals surface area contributed by atoms with E-state index in [0.29, 0.717) is 37.3 Å². The Morgan fingerprint density at radius 1 is 0.484 bits per heavy atom. The number of nitrogens with zero attached hydrogens (tertiary/aromatic N) is 6. The fourth-order valence-electron chi connectivity index (χ4n) is 9.24. The number of anilines is 2. The highest BCUT2D eigenvalue weighted by atomic mass is 16.2. The van der Waals surface area contributed by atoms with Crippen LogP contribution in [0.2, 0.25) is 0 Å². The lowest BCUT2D eigenvalue weighted by molar-refractivity contribution is -0.142. The third-order valence-corrected chi connectivity index (χ3v) is 12.8. The van der Waals surface area contributed by atoms with Crippen LogP contribution in [0, 0.1) is 11.8 Å². The summed E-state index contributed by atoms with van der Waals surface area (Å²) in [4.78, 5) is 68.4. The molecule has 322 valence electrons. The molecule has 62 heavy (non-hydrogen) atoms. The van der Waals surface area contributed by atoms with Crippen LogP contribution in [0.1, 0.15) is 60.0 Å². The van der Waals surface area contributed by atoms with Gasteiger partial charge in [-0.1, -0.05) is 72.5 Å². The molecule has 2 N–H and O–H groups in total. The molecule has 0 unspecified atom stereocenters. The molecule has 4 aliphatic heterocycles. The van der Waals surface area contributed by atoms with Gasteiger partial charge in [0, 0.05) is 87.9 Å². The first-order valence-electron chi connectivity index (χ1n) is 22.1. The maximum absolute atomic E-state index is 14.2. The maximum Gasteiger partial charge on any atom is 0.247 e. The van der Waals surface area contributed by atoms with Gasteiger partial charge >= 0.3 is 0 Å². The molecule has 0 bridgehead atoms. The summed E-state index contributed by atoms with van der Waals surface area (Å²) >= 11 is 0. The van der Waals surface area contributed by atoms with Crippen LogP contribution < -0.4 is 10.6 Å². The summed E-state index contributed by atoms with van der Waals surface area (Å²) in [5, 5.41) is 6.11. The largest absolute Gasteiger partial charge is 0.329 e. The molecule has 4 heterocycles. The van der Waals surface area contributed by atoms with Gasteiger partial charge in [0.05, 0.1) is 0 Å². The smallest absolute Gasteiger partial charge is 0.247 e. The lowest BCUT2D eigenvalue weighted by atomic mass is 10.0. The molecule has 4 aromatic rings. The Morgan fingerprint density at radius 2 is 0.839 bits per heavy atom. The zero-order chi connectivity index (χ0) is 43.0. The SMILES string of the molecule is CN1CCN([C@H](C(=O)N2CCC[C@H]2C(=O)Nc2ccc(C#Cc3ccc(NC(=O)[C@@H]4CCCN4C(=O)[C@H](c4ccccc4)N4CCN(C)CC4)cc3)cc2)c2ccccc2)CC1. The lowest BCUT2D eigenvalue weighted by Crippen LogP contribution is -2.52. The fourth-order valence-corrected chi connectivity index (χ4v) is 9.24. The van der Waals surface area contributed by atoms with Gasteiger partial charge in [-0.05, 0) is 99.4 Å². The van der Waals surface area contributed by atoms with E-state index in [9.17, 15) is 19.2 Å². The van der Waals surface area contributed by atoms with Crippen molar-refractivity contribution >= 4 is 35.0 Å². The van der Waals surface area contributed by atoms with E-state index in [4.69, 9.17) is 0 Å². The molecule has 0 saturated carbocycles. The molecule has 0 aliphatic carbocycles. The van der Waals surface area contributed by atoms with E-state index in [1.54, 1.807) is 9.80 Å². The number of hydrogen-bond acceptors (Lipinski definition) is 8. The minimum Gasteiger partial charge on any atom is -0.329 e. The first kappa shape index (κ1) is 42.8. The van der Waals surface area contributed by atoms with Crippen molar-refractivity contribution in [3.8, 4) is 11.8 Å². The molecule has 4 aliphatic rings. The van der Waals surface area contributed by atoms with E-state index in [-0.39, 0.29) is 23.6 Å². The summed E-state index contributed by atoms with van der Waals surface area (Å²) in [7, 11) is 4.21. The van der Waals surface area contributed by atoms with Crippen LogP contribution in [0.4, 0.5) is 11.4 Å². The summed E-state index contributed by atoms with van der Waals surface area (Å²) in [6.45, 7) is 7.88. The van der Waals surface area contributed by atoms with Crippen molar-refractivity contribution in [2.75, 3.05) is 90.2 Å². The number of rotatable bonds is 10. The zero-order valence-electron chi connectivity index (χ0n) is 35.9. The standard InChI is InChI=1S/C50H58N8O4/c1-53-29-33-55(34-30-53)45(39-11-5-3-6-12-39)49(61)57-27-9-15-43(57)47(59)51-41-23-19-37(20-24-41)17-18-38-21-25-42(26-22-38)52-48(60)44-16-10-28-58(44)50(62)46(40-13-7-4-8-14-40)56-35-31-54(2)32-36-56/h3-8,11-14,19-26,43-46H,9-10,15-16,27-36H2,1-2H3,(H,51,59)(H,52,60)/t43-,44-,45-,46-/m0/s1. The first-order chi connectivity index (χ1) is 30.2. The Kier molecular flexibility index (Phi) is 13.8. The average Bonchev–Trinajstić information content (AvgIpc) is 4.01. The van der Waals surface area contributed by atoms with Crippen LogP contribution in [0.15, 0.2) is 109 Å². The van der Waals surface area contributed by atoms with Crippen LogP contribution in [0.3, 0.4) is 0 Å². The van der Waals surface area contributed by atoms with E-state index >= 15 is 0 Å². The van der Waals surface area contributed by atoms with Crippen molar-refractivity contribution in [2.45, 2.75) is 49.9 Å². The summed E-state index contributed by atoms with van der Waals surface area (Å²) in [6.07, 6.45) is 2.81. The lowest BCUT2D eigenvalue weighted by Gasteiger charge is -2.39. The van der Waals surface area contributed by atoms with Crippen LogP contribution in [-0.4, -0.2) is 145 Å². The van der Waals surface area contributed by atoms with Gasteiger partial charge in [0.25, 0.3) is 0 Å². The van der Waals surface area contributed by atoms with Crippen molar-refractivity contribution < 1.29 is 19.2 Å². The Morgan fingerprint density at radius 3 is 1.19 bits per heavy atom. The zero-order valence-corrected chi connectivity index (χ0v) is 35.9. The van der Waals surface area contributed by atoms with Crippen molar-refractivity contribution in [1.29, 1.82) is 0 Å². The number of likely N-dealkylation sites (N-methyl/N-ethyl adjacent to an activating group) is 2. The molecule has 4 saturated heterocycles. The minimum absolute atomic E-state index is 0.0132. The summed E-state index contributed by atoms with van der Waals surface area (Å²) in [5.41, 5.74) is 4.79. The predicted octanol–water partition coefficient (Wildman–Crippen LogP) is 4.92. The third-order valence-electron chi connectivity index (χ3n) is 12.8. The summed E-state index contributed by atoms with van der Waals surface area (Å²) in [6, 6.07) is 32.8. The van der Waals surface area contributed by atoms with Crippen molar-refractivity contribution in [1.82, 2.24) is 29.4 Å². The Hall–Kier alpha value is -5.84. The Bertz CT molecular complexity index is 2070. The van der Waals surface area contributed by atoms with Gasteiger partial charge in [0.2, 0.25) is 23.6 Å². The van der Waals surface area contributed by atoms with Crippen molar-refractivity contribution in [2.24, 2.45) is 0 Å². The molecular formula is C50H58N8O4.